The van der Waals surface area contributed by atoms with Crippen LogP contribution in [-0.2, 0) is 17.6 Å². The molecule has 2 aromatic carbocycles. The number of hydrogen-bond donors (Lipinski definition) is 1. The molecule has 1 aliphatic heterocycles. The van der Waals surface area contributed by atoms with Crippen molar-refractivity contribution >= 4 is 0 Å². The summed E-state index contributed by atoms with van der Waals surface area (Å²) >= 11 is 0. The highest BCUT2D eigenvalue weighted by atomic mass is 16.5. The van der Waals surface area contributed by atoms with Crippen LogP contribution in [0.15, 0.2) is 48.5 Å². The Kier molecular flexibility index (Phi) is 6.89. The van der Waals surface area contributed by atoms with Crippen molar-refractivity contribution in [3.63, 3.8) is 0 Å². The number of methoxy groups -OCH3 is 1. The number of aliphatic hydroxyl groups is 1. The third kappa shape index (κ3) is 5.46. The van der Waals surface area contributed by atoms with Crippen LogP contribution >= 0.6 is 0 Å². The van der Waals surface area contributed by atoms with E-state index in [1.54, 1.807) is 7.11 Å². The van der Waals surface area contributed by atoms with Gasteiger partial charge in [-0.05, 0) is 42.2 Å². The van der Waals surface area contributed by atoms with Crippen molar-refractivity contribution in [1.82, 2.24) is 4.90 Å². The van der Waals surface area contributed by atoms with E-state index < -0.39 is 6.10 Å². The van der Waals surface area contributed by atoms with Gasteiger partial charge in [0, 0.05) is 13.1 Å². The SMILES string of the molecule is COc1ccc(CCc2ccccc2OC[C@@H](O)CN2CCOC2)cc1. The molecule has 26 heavy (non-hydrogen) atoms. The third-order valence-electron chi connectivity index (χ3n) is 4.54. The van der Waals surface area contributed by atoms with Crippen molar-refractivity contribution in [3.8, 4) is 11.5 Å². The number of hydrogen-bond acceptors (Lipinski definition) is 5. The molecule has 1 atom stereocenters. The molecule has 0 spiro atoms. The molecule has 140 valence electrons. The van der Waals surface area contributed by atoms with Gasteiger partial charge in [0.1, 0.15) is 24.2 Å². The highest BCUT2D eigenvalue weighted by molar-refractivity contribution is 5.35. The summed E-state index contributed by atoms with van der Waals surface area (Å²) in [7, 11) is 1.67. The summed E-state index contributed by atoms with van der Waals surface area (Å²) in [6.07, 6.45) is 1.29. The standard InChI is InChI=1S/C21H27NO4/c1-24-20-10-7-17(8-11-20)6-9-18-4-2-3-5-21(18)26-15-19(23)14-22-12-13-25-16-22/h2-5,7-8,10-11,19,23H,6,9,12-16H2,1H3/t19-/m0/s1. The zero-order valence-corrected chi connectivity index (χ0v) is 15.3. The lowest BCUT2D eigenvalue weighted by Gasteiger charge is -2.19. The lowest BCUT2D eigenvalue weighted by atomic mass is 10.0. The Morgan fingerprint density at radius 2 is 1.92 bits per heavy atom. The van der Waals surface area contributed by atoms with Gasteiger partial charge in [0.25, 0.3) is 0 Å². The molecule has 0 unspecified atom stereocenters. The van der Waals surface area contributed by atoms with Gasteiger partial charge in [0.2, 0.25) is 0 Å². The first-order chi connectivity index (χ1) is 12.7. The van der Waals surface area contributed by atoms with E-state index in [0.717, 1.165) is 43.1 Å². The number of β-amino-alcohol motifs (C(OH)–C–C–N with tert-alkyl or cyclic N) is 1. The molecule has 0 aliphatic carbocycles. The summed E-state index contributed by atoms with van der Waals surface area (Å²) in [5.41, 5.74) is 2.41. The Bertz CT molecular complexity index is 668. The molecule has 0 saturated carbocycles. The molecule has 5 nitrogen and oxygen atoms in total. The molecule has 1 aliphatic rings. The second-order valence-electron chi connectivity index (χ2n) is 6.53. The van der Waals surface area contributed by atoms with E-state index in [9.17, 15) is 5.11 Å². The van der Waals surface area contributed by atoms with Gasteiger partial charge in [-0.1, -0.05) is 30.3 Å². The van der Waals surface area contributed by atoms with Gasteiger partial charge in [0.15, 0.2) is 0 Å². The molecular formula is C21H27NO4. The molecule has 0 bridgehead atoms. The maximum absolute atomic E-state index is 10.2. The van der Waals surface area contributed by atoms with Gasteiger partial charge in [-0.3, -0.25) is 4.90 Å². The average Bonchev–Trinajstić information content (AvgIpc) is 3.18. The largest absolute Gasteiger partial charge is 0.497 e. The fraction of sp³-hybridized carbons (Fsp3) is 0.429. The molecular weight excluding hydrogens is 330 g/mol. The molecule has 0 aromatic heterocycles. The van der Waals surface area contributed by atoms with Gasteiger partial charge in [-0.15, -0.1) is 0 Å². The van der Waals surface area contributed by atoms with E-state index in [2.05, 4.69) is 23.1 Å². The molecule has 1 fully saturated rings. The van der Waals surface area contributed by atoms with E-state index in [1.807, 2.05) is 30.3 Å². The Morgan fingerprint density at radius 1 is 1.12 bits per heavy atom. The van der Waals surface area contributed by atoms with E-state index in [0.29, 0.717) is 13.3 Å². The molecule has 0 amide bonds. The Labute approximate surface area is 155 Å². The number of nitrogens with zero attached hydrogens (tertiary/aromatic N) is 1. The molecule has 1 heterocycles. The summed E-state index contributed by atoms with van der Waals surface area (Å²) in [4.78, 5) is 2.09. The molecule has 1 N–H and O–H groups in total. The van der Waals surface area contributed by atoms with E-state index in [4.69, 9.17) is 14.2 Å². The van der Waals surface area contributed by atoms with Crippen molar-refractivity contribution in [2.75, 3.05) is 40.1 Å². The summed E-state index contributed by atoms with van der Waals surface area (Å²) in [6.45, 7) is 3.07. The number of aryl methyl sites for hydroxylation is 2. The fourth-order valence-corrected chi connectivity index (χ4v) is 3.05. The Morgan fingerprint density at radius 3 is 2.65 bits per heavy atom. The van der Waals surface area contributed by atoms with E-state index in [1.165, 1.54) is 5.56 Å². The van der Waals surface area contributed by atoms with E-state index >= 15 is 0 Å². The molecule has 3 rings (SSSR count). The van der Waals surface area contributed by atoms with Crippen molar-refractivity contribution in [3.05, 3.63) is 59.7 Å². The lowest BCUT2D eigenvalue weighted by Crippen LogP contribution is -2.34. The number of ether oxygens (including phenoxy) is 3. The van der Waals surface area contributed by atoms with Crippen molar-refractivity contribution in [2.45, 2.75) is 18.9 Å². The van der Waals surface area contributed by atoms with Gasteiger partial charge >= 0.3 is 0 Å². The summed E-state index contributed by atoms with van der Waals surface area (Å²) in [5, 5.41) is 10.2. The first-order valence-electron chi connectivity index (χ1n) is 9.06. The first kappa shape index (κ1) is 18.7. The predicted molar refractivity (Wildman–Crippen MR) is 101 cm³/mol. The second kappa shape index (κ2) is 9.57. The van der Waals surface area contributed by atoms with Gasteiger partial charge < -0.3 is 19.3 Å². The summed E-state index contributed by atoms with van der Waals surface area (Å²) in [6, 6.07) is 16.2. The van der Waals surface area contributed by atoms with E-state index in [-0.39, 0.29) is 6.61 Å². The van der Waals surface area contributed by atoms with Crippen molar-refractivity contribution in [2.24, 2.45) is 0 Å². The number of para-hydroxylation sites is 1. The monoisotopic (exact) mass is 357 g/mol. The van der Waals surface area contributed by atoms with Crippen LogP contribution in [0.25, 0.3) is 0 Å². The van der Waals surface area contributed by atoms with Crippen LogP contribution in [0.4, 0.5) is 0 Å². The normalized spacial score (nSPS) is 15.8. The number of aliphatic hydroxyl groups excluding tert-OH is 1. The fourth-order valence-electron chi connectivity index (χ4n) is 3.05. The van der Waals surface area contributed by atoms with Crippen LogP contribution in [0.3, 0.4) is 0 Å². The van der Waals surface area contributed by atoms with Crippen LogP contribution in [0.2, 0.25) is 0 Å². The second-order valence-corrected chi connectivity index (χ2v) is 6.53. The van der Waals surface area contributed by atoms with Gasteiger partial charge in [-0.25, -0.2) is 0 Å². The van der Waals surface area contributed by atoms with Crippen LogP contribution in [0.5, 0.6) is 11.5 Å². The smallest absolute Gasteiger partial charge is 0.122 e. The minimum absolute atomic E-state index is 0.288. The van der Waals surface area contributed by atoms with Crippen LogP contribution in [-0.4, -0.2) is 56.3 Å². The van der Waals surface area contributed by atoms with Crippen LogP contribution in [0, 0.1) is 0 Å². The molecule has 5 heteroatoms. The molecule has 2 aromatic rings. The number of benzene rings is 2. The topological polar surface area (TPSA) is 51.2 Å². The van der Waals surface area contributed by atoms with Gasteiger partial charge in [-0.2, -0.15) is 0 Å². The van der Waals surface area contributed by atoms with Gasteiger partial charge in [0.05, 0.1) is 20.4 Å². The minimum Gasteiger partial charge on any atom is -0.497 e. The molecule has 0 radical (unpaired) electrons. The summed E-state index contributed by atoms with van der Waals surface area (Å²) < 4.78 is 16.4. The Balaban J connectivity index is 1.51. The highest BCUT2D eigenvalue weighted by Gasteiger charge is 2.17. The minimum atomic E-state index is -0.522. The van der Waals surface area contributed by atoms with Crippen LogP contribution < -0.4 is 9.47 Å². The maximum Gasteiger partial charge on any atom is 0.122 e. The molecule has 1 saturated heterocycles. The predicted octanol–water partition coefficient (Wildman–Crippen LogP) is 2.51. The van der Waals surface area contributed by atoms with Crippen molar-refractivity contribution < 1.29 is 19.3 Å². The summed E-state index contributed by atoms with van der Waals surface area (Å²) in [5.74, 6) is 1.72. The first-order valence-corrected chi connectivity index (χ1v) is 9.06. The zero-order valence-electron chi connectivity index (χ0n) is 15.3. The average molecular weight is 357 g/mol. The highest BCUT2D eigenvalue weighted by Crippen LogP contribution is 2.21. The Hall–Kier alpha value is -2.08. The lowest BCUT2D eigenvalue weighted by molar-refractivity contribution is 0.0565. The number of rotatable bonds is 9. The quantitative estimate of drug-likeness (QED) is 0.747. The third-order valence-corrected chi connectivity index (χ3v) is 4.54. The van der Waals surface area contributed by atoms with Crippen molar-refractivity contribution in [1.29, 1.82) is 0 Å². The zero-order chi connectivity index (χ0) is 18.2. The maximum atomic E-state index is 10.2. The van der Waals surface area contributed by atoms with Crippen LogP contribution in [0.1, 0.15) is 11.1 Å².